The van der Waals surface area contributed by atoms with Crippen LogP contribution in [0.15, 0.2) is 59.9 Å². The number of benzene rings is 1. The average molecular weight is 379 g/mol. The lowest BCUT2D eigenvalue weighted by molar-refractivity contribution is -0.118. The molecule has 0 bridgehead atoms. The average Bonchev–Trinajstić information content (AvgIpc) is 3.48. The number of thioether (sulfide) groups is 1. The number of rotatable bonds is 8. The third kappa shape index (κ3) is 4.74. The molecule has 2 aromatic heterocycles. The third-order valence-corrected chi connectivity index (χ3v) is 5.36. The van der Waals surface area contributed by atoms with Gasteiger partial charge >= 0.3 is 0 Å². The number of carbonyl (C=O) groups is 1. The summed E-state index contributed by atoms with van der Waals surface area (Å²) in [6.07, 6.45) is 4.06. The van der Waals surface area contributed by atoms with E-state index in [0.717, 1.165) is 23.2 Å². The third-order valence-electron chi connectivity index (χ3n) is 4.40. The van der Waals surface area contributed by atoms with Gasteiger partial charge in [0.15, 0.2) is 5.16 Å². The van der Waals surface area contributed by atoms with Crippen LogP contribution in [0.25, 0.3) is 0 Å². The lowest BCUT2D eigenvalue weighted by atomic mass is 10.2. The number of nitrogens with zero attached hydrogens (tertiary/aromatic N) is 4. The summed E-state index contributed by atoms with van der Waals surface area (Å²) in [5.41, 5.74) is 2.06. The molecule has 0 saturated heterocycles. The molecule has 4 rings (SSSR count). The fraction of sp³-hybridized carbons (Fsp3) is 0.300. The van der Waals surface area contributed by atoms with E-state index in [0.29, 0.717) is 18.2 Å². The molecule has 1 aromatic carbocycles. The van der Waals surface area contributed by atoms with E-state index in [4.69, 9.17) is 0 Å². The van der Waals surface area contributed by atoms with E-state index in [9.17, 15) is 4.79 Å². The molecule has 1 aliphatic rings. The Kier molecular flexibility index (Phi) is 5.48. The predicted molar refractivity (Wildman–Crippen MR) is 104 cm³/mol. The van der Waals surface area contributed by atoms with Crippen molar-refractivity contribution in [1.29, 1.82) is 0 Å². The maximum absolute atomic E-state index is 12.2. The smallest absolute Gasteiger partial charge is 0.230 e. The van der Waals surface area contributed by atoms with Crippen LogP contribution in [0.5, 0.6) is 0 Å². The quantitative estimate of drug-likeness (QED) is 0.609. The van der Waals surface area contributed by atoms with Crippen LogP contribution in [0, 0.1) is 0 Å². The van der Waals surface area contributed by atoms with Crippen molar-refractivity contribution in [1.82, 2.24) is 25.1 Å². The van der Waals surface area contributed by atoms with E-state index >= 15 is 0 Å². The van der Waals surface area contributed by atoms with Gasteiger partial charge in [0, 0.05) is 12.1 Å². The van der Waals surface area contributed by atoms with Crippen LogP contribution in [-0.2, 0) is 17.9 Å². The van der Waals surface area contributed by atoms with Gasteiger partial charge in [-0.05, 0) is 30.5 Å². The van der Waals surface area contributed by atoms with Crippen LogP contribution in [0.1, 0.15) is 35.8 Å². The maximum Gasteiger partial charge on any atom is 0.230 e. The van der Waals surface area contributed by atoms with E-state index in [2.05, 4.69) is 37.2 Å². The molecule has 1 fully saturated rings. The molecule has 6 nitrogen and oxygen atoms in total. The summed E-state index contributed by atoms with van der Waals surface area (Å²) < 4.78 is 2.16. The minimum absolute atomic E-state index is 0.0344. The molecule has 0 spiro atoms. The second-order valence-electron chi connectivity index (χ2n) is 6.57. The summed E-state index contributed by atoms with van der Waals surface area (Å²) in [5.74, 6) is 1.82. The molecule has 1 N–H and O–H groups in total. The van der Waals surface area contributed by atoms with Crippen LogP contribution < -0.4 is 5.32 Å². The fourth-order valence-electron chi connectivity index (χ4n) is 2.84. The Hall–Kier alpha value is -2.67. The molecule has 0 radical (unpaired) electrons. The molecule has 27 heavy (non-hydrogen) atoms. The predicted octanol–water partition coefficient (Wildman–Crippen LogP) is 3.01. The number of amides is 1. The molecule has 2 heterocycles. The van der Waals surface area contributed by atoms with Gasteiger partial charge in [-0.1, -0.05) is 48.2 Å². The highest BCUT2D eigenvalue weighted by molar-refractivity contribution is 7.99. The van der Waals surface area contributed by atoms with Gasteiger partial charge in [-0.25, -0.2) is 0 Å². The Balaban J connectivity index is 1.39. The lowest BCUT2D eigenvalue weighted by Crippen LogP contribution is -2.25. The van der Waals surface area contributed by atoms with E-state index < -0.39 is 0 Å². The Morgan fingerprint density at radius 3 is 2.67 bits per heavy atom. The molecule has 0 aliphatic heterocycles. The fourth-order valence-corrected chi connectivity index (χ4v) is 3.61. The number of carbonyl (C=O) groups excluding carboxylic acids is 1. The van der Waals surface area contributed by atoms with Crippen molar-refractivity contribution < 1.29 is 4.79 Å². The van der Waals surface area contributed by atoms with Crippen molar-refractivity contribution >= 4 is 17.7 Å². The zero-order valence-corrected chi connectivity index (χ0v) is 15.7. The summed E-state index contributed by atoms with van der Waals surface area (Å²) in [6, 6.07) is 16.0. The summed E-state index contributed by atoms with van der Waals surface area (Å²) in [7, 11) is 0. The largest absolute Gasteiger partial charge is 0.350 e. The number of hydrogen-bond acceptors (Lipinski definition) is 5. The molecule has 1 saturated carbocycles. The first-order chi connectivity index (χ1) is 13.3. The van der Waals surface area contributed by atoms with Gasteiger partial charge in [0.05, 0.1) is 24.5 Å². The van der Waals surface area contributed by atoms with Crippen molar-refractivity contribution in [3.05, 3.63) is 71.8 Å². The number of pyridine rings is 1. The van der Waals surface area contributed by atoms with Gasteiger partial charge < -0.3 is 9.88 Å². The van der Waals surface area contributed by atoms with Gasteiger partial charge in [0.2, 0.25) is 5.91 Å². The molecule has 0 atom stereocenters. The zero-order valence-electron chi connectivity index (χ0n) is 14.9. The van der Waals surface area contributed by atoms with E-state index in [1.807, 2.05) is 36.4 Å². The van der Waals surface area contributed by atoms with Crippen LogP contribution in [0.3, 0.4) is 0 Å². The Bertz CT molecular complexity index is 893. The lowest BCUT2D eigenvalue weighted by Gasteiger charge is -2.10. The molecule has 7 heteroatoms. The highest BCUT2D eigenvalue weighted by Crippen LogP contribution is 2.40. The maximum atomic E-state index is 12.2. The molecule has 3 aromatic rings. The van der Waals surface area contributed by atoms with E-state index in [1.54, 1.807) is 6.20 Å². The second-order valence-corrected chi connectivity index (χ2v) is 7.52. The highest BCUT2D eigenvalue weighted by Gasteiger charge is 2.30. The van der Waals surface area contributed by atoms with E-state index in [-0.39, 0.29) is 5.91 Å². The first-order valence-corrected chi connectivity index (χ1v) is 10.0. The first kappa shape index (κ1) is 17.7. The van der Waals surface area contributed by atoms with Crippen molar-refractivity contribution in [2.75, 3.05) is 5.75 Å². The topological polar surface area (TPSA) is 72.7 Å². The molecule has 0 unspecified atom stereocenters. The van der Waals surface area contributed by atoms with Gasteiger partial charge in [0.25, 0.3) is 0 Å². The second kappa shape index (κ2) is 8.35. The monoisotopic (exact) mass is 379 g/mol. The number of aromatic nitrogens is 4. The zero-order chi connectivity index (χ0) is 18.5. The van der Waals surface area contributed by atoms with Gasteiger partial charge in [-0.15, -0.1) is 10.2 Å². The molecule has 1 aliphatic carbocycles. The van der Waals surface area contributed by atoms with E-state index in [1.165, 1.54) is 30.2 Å². The number of hydrogen-bond donors (Lipinski definition) is 1. The highest BCUT2D eigenvalue weighted by atomic mass is 32.2. The SMILES string of the molecule is O=C(CSc1nnc(C2CC2)n1Cc1ccccc1)NCc1ccccn1. The number of nitrogens with one attached hydrogen (secondary N) is 1. The van der Waals surface area contributed by atoms with Crippen LogP contribution in [0.4, 0.5) is 0 Å². The molecular formula is C20H21N5OS. The van der Waals surface area contributed by atoms with Crippen molar-refractivity contribution in [2.24, 2.45) is 0 Å². The Morgan fingerprint density at radius 2 is 1.93 bits per heavy atom. The Morgan fingerprint density at radius 1 is 1.11 bits per heavy atom. The summed E-state index contributed by atoms with van der Waals surface area (Å²) in [4.78, 5) is 16.4. The van der Waals surface area contributed by atoms with Crippen molar-refractivity contribution in [3.8, 4) is 0 Å². The summed E-state index contributed by atoms with van der Waals surface area (Å²) in [6.45, 7) is 1.17. The summed E-state index contributed by atoms with van der Waals surface area (Å²) >= 11 is 1.43. The van der Waals surface area contributed by atoms with Gasteiger partial charge in [-0.2, -0.15) is 0 Å². The van der Waals surface area contributed by atoms with Crippen LogP contribution in [-0.4, -0.2) is 31.4 Å². The summed E-state index contributed by atoms with van der Waals surface area (Å²) in [5, 5.41) is 12.4. The normalized spacial score (nSPS) is 13.5. The van der Waals surface area contributed by atoms with Crippen molar-refractivity contribution in [3.63, 3.8) is 0 Å². The minimum Gasteiger partial charge on any atom is -0.350 e. The van der Waals surface area contributed by atoms with Crippen molar-refractivity contribution in [2.45, 2.75) is 37.0 Å². The van der Waals surface area contributed by atoms with Crippen LogP contribution in [0.2, 0.25) is 0 Å². The Labute approximate surface area is 162 Å². The first-order valence-electron chi connectivity index (χ1n) is 9.06. The molecular weight excluding hydrogens is 358 g/mol. The van der Waals surface area contributed by atoms with Crippen LogP contribution >= 0.6 is 11.8 Å². The minimum atomic E-state index is -0.0344. The molecule has 138 valence electrons. The molecule has 1 amide bonds. The van der Waals surface area contributed by atoms with Gasteiger partial charge in [-0.3, -0.25) is 9.78 Å². The standard InChI is InChI=1S/C20H21N5OS/c26-18(22-12-17-8-4-5-11-21-17)14-27-20-24-23-19(16-9-10-16)25(20)13-15-6-2-1-3-7-15/h1-8,11,16H,9-10,12-14H2,(H,22,26). The van der Waals surface area contributed by atoms with Gasteiger partial charge in [0.1, 0.15) is 5.82 Å².